The summed E-state index contributed by atoms with van der Waals surface area (Å²) >= 11 is 5.75. The SMILES string of the molecule is CCOC(=O)/C(C=N)=C(/Nc1cccc(Cl)n1)OC. The largest absolute Gasteiger partial charge is 0.482 e. The van der Waals surface area contributed by atoms with E-state index in [-0.39, 0.29) is 18.1 Å². The quantitative estimate of drug-likeness (QED) is 0.275. The van der Waals surface area contributed by atoms with Crippen molar-refractivity contribution in [3.05, 3.63) is 34.8 Å². The monoisotopic (exact) mass is 283 g/mol. The molecule has 102 valence electrons. The predicted octanol–water partition coefficient (Wildman–Crippen LogP) is 2.22. The smallest absolute Gasteiger partial charge is 0.345 e. The van der Waals surface area contributed by atoms with Gasteiger partial charge in [0.25, 0.3) is 0 Å². The highest BCUT2D eigenvalue weighted by Crippen LogP contribution is 2.14. The molecule has 0 aliphatic rings. The van der Waals surface area contributed by atoms with Gasteiger partial charge in [-0.3, -0.25) is 0 Å². The molecule has 0 saturated carbocycles. The molecule has 0 radical (unpaired) electrons. The first-order chi connectivity index (χ1) is 9.12. The maximum atomic E-state index is 11.6. The maximum absolute atomic E-state index is 11.6. The van der Waals surface area contributed by atoms with E-state index in [2.05, 4.69) is 10.3 Å². The van der Waals surface area contributed by atoms with E-state index >= 15 is 0 Å². The first-order valence-corrected chi connectivity index (χ1v) is 5.85. The van der Waals surface area contributed by atoms with Crippen molar-refractivity contribution in [2.75, 3.05) is 19.0 Å². The van der Waals surface area contributed by atoms with Gasteiger partial charge in [0, 0.05) is 6.21 Å². The second-order valence-corrected chi connectivity index (χ2v) is 3.67. The molecule has 0 unspecified atom stereocenters. The molecule has 0 fully saturated rings. The summed E-state index contributed by atoms with van der Waals surface area (Å²) in [5.74, 6) is -0.180. The number of aromatic nitrogens is 1. The summed E-state index contributed by atoms with van der Waals surface area (Å²) < 4.78 is 9.87. The average Bonchev–Trinajstić information content (AvgIpc) is 2.38. The Morgan fingerprint density at radius 2 is 2.32 bits per heavy atom. The summed E-state index contributed by atoms with van der Waals surface area (Å²) in [6, 6.07) is 4.96. The number of esters is 1. The number of carbonyl (C=O) groups excluding carboxylic acids is 1. The van der Waals surface area contributed by atoms with Gasteiger partial charge in [-0.05, 0) is 19.1 Å². The number of carbonyl (C=O) groups is 1. The van der Waals surface area contributed by atoms with E-state index in [1.54, 1.807) is 25.1 Å². The van der Waals surface area contributed by atoms with E-state index in [1.165, 1.54) is 7.11 Å². The molecule has 0 aliphatic heterocycles. The standard InChI is InChI=1S/C12H14ClN3O3/c1-3-19-12(17)8(7-14)11(18-2)16-10-6-4-5-9(13)15-10/h4-7,14H,3H2,1-2H3,(H,15,16)/b11-8-,14-7?. The van der Waals surface area contributed by atoms with E-state index in [0.29, 0.717) is 11.0 Å². The highest BCUT2D eigenvalue weighted by molar-refractivity contribution is 6.29. The van der Waals surface area contributed by atoms with E-state index in [0.717, 1.165) is 6.21 Å². The third kappa shape index (κ3) is 4.26. The van der Waals surface area contributed by atoms with Gasteiger partial charge in [-0.25, -0.2) is 9.78 Å². The first-order valence-electron chi connectivity index (χ1n) is 5.47. The second kappa shape index (κ2) is 7.38. The first kappa shape index (κ1) is 15.0. The Hall–Kier alpha value is -2.08. The van der Waals surface area contributed by atoms with Crippen LogP contribution in [0.1, 0.15) is 6.92 Å². The topological polar surface area (TPSA) is 84.3 Å². The van der Waals surface area contributed by atoms with Crippen molar-refractivity contribution in [2.24, 2.45) is 0 Å². The van der Waals surface area contributed by atoms with Crippen molar-refractivity contribution >= 4 is 29.6 Å². The number of nitrogens with one attached hydrogen (secondary N) is 2. The van der Waals surface area contributed by atoms with Gasteiger partial charge >= 0.3 is 5.97 Å². The third-order valence-corrected chi connectivity index (χ3v) is 2.26. The van der Waals surface area contributed by atoms with Crippen molar-refractivity contribution in [3.63, 3.8) is 0 Å². The van der Waals surface area contributed by atoms with E-state index in [4.69, 9.17) is 26.5 Å². The fraction of sp³-hybridized carbons (Fsp3) is 0.250. The molecule has 0 aliphatic carbocycles. The molecule has 1 heterocycles. The van der Waals surface area contributed by atoms with Crippen LogP contribution in [0.15, 0.2) is 29.7 Å². The van der Waals surface area contributed by atoms with E-state index < -0.39 is 5.97 Å². The molecule has 0 atom stereocenters. The fourth-order valence-corrected chi connectivity index (χ4v) is 1.41. The fourth-order valence-electron chi connectivity index (χ4n) is 1.25. The van der Waals surface area contributed by atoms with E-state index in [1.807, 2.05) is 0 Å². The minimum absolute atomic E-state index is 0.0360. The Labute approximate surface area is 115 Å². The molecular weight excluding hydrogens is 270 g/mol. The zero-order chi connectivity index (χ0) is 14.3. The van der Waals surface area contributed by atoms with Crippen LogP contribution in [0, 0.1) is 5.41 Å². The molecule has 1 aromatic heterocycles. The van der Waals surface area contributed by atoms with Gasteiger partial charge in [0.2, 0.25) is 5.88 Å². The number of anilines is 1. The average molecular weight is 284 g/mol. The molecule has 1 aromatic rings. The van der Waals surface area contributed by atoms with Crippen LogP contribution in [0.3, 0.4) is 0 Å². The number of hydrogen-bond acceptors (Lipinski definition) is 6. The van der Waals surface area contributed by atoms with Gasteiger partial charge < -0.3 is 20.2 Å². The summed E-state index contributed by atoms with van der Waals surface area (Å²) in [5.41, 5.74) is -0.0360. The number of pyridine rings is 1. The van der Waals surface area contributed by atoms with Crippen LogP contribution in [0.2, 0.25) is 5.15 Å². The molecule has 0 saturated heterocycles. The number of nitrogens with zero attached hydrogens (tertiary/aromatic N) is 1. The van der Waals surface area contributed by atoms with Crippen molar-refractivity contribution in [2.45, 2.75) is 6.92 Å². The molecular formula is C12H14ClN3O3. The normalized spacial score (nSPS) is 11.3. The minimum Gasteiger partial charge on any atom is -0.482 e. The zero-order valence-electron chi connectivity index (χ0n) is 10.6. The molecule has 0 amide bonds. The molecule has 0 bridgehead atoms. The maximum Gasteiger partial charge on any atom is 0.345 e. The van der Waals surface area contributed by atoms with Crippen LogP contribution < -0.4 is 5.32 Å². The lowest BCUT2D eigenvalue weighted by Gasteiger charge is -2.12. The summed E-state index contributed by atoms with van der Waals surface area (Å²) in [7, 11) is 1.37. The van der Waals surface area contributed by atoms with Gasteiger partial charge in [0.1, 0.15) is 16.5 Å². The Balaban J connectivity index is 3.03. The Bertz CT molecular complexity index is 503. The lowest BCUT2D eigenvalue weighted by atomic mass is 10.3. The summed E-state index contributed by atoms with van der Waals surface area (Å²) in [6.07, 6.45) is 0.856. The van der Waals surface area contributed by atoms with Gasteiger partial charge in [-0.1, -0.05) is 17.7 Å². The van der Waals surface area contributed by atoms with Crippen molar-refractivity contribution in [3.8, 4) is 0 Å². The Morgan fingerprint density at radius 1 is 1.58 bits per heavy atom. The number of hydrogen-bond donors (Lipinski definition) is 2. The predicted molar refractivity (Wildman–Crippen MR) is 72.3 cm³/mol. The number of ether oxygens (including phenoxy) is 2. The molecule has 7 heteroatoms. The number of rotatable bonds is 6. The lowest BCUT2D eigenvalue weighted by molar-refractivity contribution is -0.138. The summed E-state index contributed by atoms with van der Waals surface area (Å²) in [4.78, 5) is 15.6. The van der Waals surface area contributed by atoms with Gasteiger partial charge in [-0.2, -0.15) is 0 Å². The highest BCUT2D eigenvalue weighted by Gasteiger charge is 2.16. The van der Waals surface area contributed by atoms with Gasteiger partial charge in [-0.15, -0.1) is 0 Å². The van der Waals surface area contributed by atoms with Crippen LogP contribution in [0.5, 0.6) is 0 Å². The third-order valence-electron chi connectivity index (χ3n) is 2.05. The second-order valence-electron chi connectivity index (χ2n) is 3.28. The molecule has 0 aromatic carbocycles. The zero-order valence-corrected chi connectivity index (χ0v) is 11.3. The summed E-state index contributed by atoms with van der Waals surface area (Å²) in [5, 5.41) is 10.3. The molecule has 0 spiro atoms. The van der Waals surface area contributed by atoms with Crippen molar-refractivity contribution < 1.29 is 14.3 Å². The molecule has 2 N–H and O–H groups in total. The van der Waals surface area contributed by atoms with Crippen LogP contribution in [-0.4, -0.2) is 30.9 Å². The lowest BCUT2D eigenvalue weighted by Crippen LogP contribution is -2.16. The van der Waals surface area contributed by atoms with Gasteiger partial charge in [0.15, 0.2) is 0 Å². The minimum atomic E-state index is -0.649. The van der Waals surface area contributed by atoms with Crippen molar-refractivity contribution in [1.82, 2.24) is 4.98 Å². The number of halogens is 1. The highest BCUT2D eigenvalue weighted by atomic mass is 35.5. The Morgan fingerprint density at radius 3 is 2.84 bits per heavy atom. The molecule has 1 rings (SSSR count). The van der Waals surface area contributed by atoms with E-state index in [9.17, 15) is 4.79 Å². The molecule has 19 heavy (non-hydrogen) atoms. The van der Waals surface area contributed by atoms with Crippen LogP contribution >= 0.6 is 11.6 Å². The van der Waals surface area contributed by atoms with Crippen LogP contribution in [-0.2, 0) is 14.3 Å². The summed E-state index contributed by atoms with van der Waals surface area (Å²) in [6.45, 7) is 1.89. The Kier molecular flexibility index (Phi) is 5.81. The van der Waals surface area contributed by atoms with Crippen LogP contribution in [0.4, 0.5) is 5.82 Å². The van der Waals surface area contributed by atoms with Gasteiger partial charge in [0.05, 0.1) is 13.7 Å². The molecule has 6 nitrogen and oxygen atoms in total. The number of methoxy groups -OCH3 is 1. The van der Waals surface area contributed by atoms with Crippen molar-refractivity contribution in [1.29, 1.82) is 5.41 Å². The van der Waals surface area contributed by atoms with Crippen LogP contribution in [0.25, 0.3) is 0 Å².